The lowest BCUT2D eigenvalue weighted by Crippen LogP contribution is -2.27. The molecule has 4 heteroatoms. The van der Waals surface area contributed by atoms with Crippen molar-refractivity contribution in [3.8, 4) is 0 Å². The van der Waals surface area contributed by atoms with Gasteiger partial charge in [-0.3, -0.25) is 4.98 Å². The molecule has 0 aliphatic heterocycles. The van der Waals surface area contributed by atoms with Gasteiger partial charge in [-0.25, -0.2) is 9.90 Å². The first kappa shape index (κ1) is 13.5. The molecule has 0 amide bonds. The topological polar surface area (TPSA) is 59.1 Å². The number of benzene rings is 1. The van der Waals surface area contributed by atoms with Crippen LogP contribution in [0.4, 0.5) is 0 Å². The molecule has 1 radical (unpaired) electrons. The van der Waals surface area contributed by atoms with Crippen molar-refractivity contribution in [2.75, 3.05) is 0 Å². The third kappa shape index (κ3) is 3.09. The molecular weight excluding hydrogens is 242 g/mol. The Morgan fingerprint density at radius 3 is 2.58 bits per heavy atom. The van der Waals surface area contributed by atoms with Crippen molar-refractivity contribution in [2.45, 2.75) is 32.5 Å². The first-order valence-corrected chi connectivity index (χ1v) is 6.11. The fourth-order valence-corrected chi connectivity index (χ4v) is 1.82. The van der Waals surface area contributed by atoms with E-state index in [1.807, 2.05) is 12.1 Å². The Balaban J connectivity index is 2.36. The molecule has 1 aromatic carbocycles. The molecule has 0 fully saturated rings. The molecule has 0 aliphatic carbocycles. The van der Waals surface area contributed by atoms with Crippen LogP contribution in [0, 0.1) is 0 Å². The Bertz CT molecular complexity index is 596. The molecule has 0 saturated carbocycles. The fourth-order valence-electron chi connectivity index (χ4n) is 1.82. The van der Waals surface area contributed by atoms with Crippen molar-refractivity contribution in [1.29, 1.82) is 0 Å². The number of carbonyl (C=O) groups is 1. The highest BCUT2D eigenvalue weighted by atomic mass is 16.6. The first-order valence-electron chi connectivity index (χ1n) is 6.11. The molecule has 1 heterocycles. The van der Waals surface area contributed by atoms with Gasteiger partial charge < -0.3 is 4.74 Å². The van der Waals surface area contributed by atoms with E-state index >= 15 is 0 Å². The van der Waals surface area contributed by atoms with Crippen LogP contribution in [0.2, 0.25) is 0 Å². The molecule has 0 bridgehead atoms. The number of para-hydroxylation sites is 1. The van der Waals surface area contributed by atoms with E-state index in [4.69, 9.17) is 4.74 Å². The number of fused-ring (bicyclic) bond motifs is 1. The summed E-state index contributed by atoms with van der Waals surface area (Å²) < 4.78 is 5.12. The van der Waals surface area contributed by atoms with Gasteiger partial charge in [0.25, 0.3) is 0 Å². The number of nitrogens with zero attached hydrogens (tertiary/aromatic N) is 1. The van der Waals surface area contributed by atoms with E-state index in [0.29, 0.717) is 11.1 Å². The van der Waals surface area contributed by atoms with Crippen LogP contribution in [-0.4, -0.2) is 16.6 Å². The number of carbonyl (C=O) groups excluding carboxylic acids is 1. The van der Waals surface area contributed by atoms with Gasteiger partial charge in [0.05, 0.1) is 5.52 Å². The maximum Gasteiger partial charge on any atom is 0.343 e. The molecule has 0 unspecified atom stereocenters. The molecule has 1 atom stereocenters. The third-order valence-corrected chi connectivity index (χ3v) is 2.57. The zero-order valence-corrected chi connectivity index (χ0v) is 11.2. The van der Waals surface area contributed by atoms with Gasteiger partial charge in [0.15, 0.2) is 0 Å². The highest BCUT2D eigenvalue weighted by Crippen LogP contribution is 2.25. The smallest absolute Gasteiger partial charge is 0.343 e. The summed E-state index contributed by atoms with van der Waals surface area (Å²) in [6, 6.07) is 8.87. The molecule has 1 aromatic heterocycles. The van der Waals surface area contributed by atoms with E-state index in [-0.39, 0.29) is 0 Å². The van der Waals surface area contributed by atoms with Crippen LogP contribution in [-0.2, 0) is 14.6 Å². The van der Waals surface area contributed by atoms with Crippen LogP contribution >= 0.6 is 0 Å². The largest absolute Gasteiger partial charge is 0.458 e. The second kappa shape index (κ2) is 4.97. The second-order valence-corrected chi connectivity index (χ2v) is 5.34. The summed E-state index contributed by atoms with van der Waals surface area (Å²) in [5.41, 5.74) is 0.237. The molecule has 4 nitrogen and oxygen atoms in total. The lowest BCUT2D eigenvalue weighted by molar-refractivity contribution is -0.169. The molecule has 2 aromatic rings. The summed E-state index contributed by atoms with van der Waals surface area (Å²) >= 11 is 0. The van der Waals surface area contributed by atoms with Crippen molar-refractivity contribution in [3.63, 3.8) is 0 Å². The minimum Gasteiger partial charge on any atom is -0.458 e. The van der Waals surface area contributed by atoms with E-state index in [9.17, 15) is 9.90 Å². The molecule has 2 rings (SSSR count). The summed E-state index contributed by atoms with van der Waals surface area (Å²) in [5.74, 6) is -0.773. The van der Waals surface area contributed by atoms with E-state index in [2.05, 4.69) is 4.98 Å². The van der Waals surface area contributed by atoms with Crippen molar-refractivity contribution in [2.24, 2.45) is 0 Å². The SMILES string of the molecule is CC(C)(C)OC(=O)[C@H]([O])c1cccc2cccnc12. The van der Waals surface area contributed by atoms with E-state index in [0.717, 1.165) is 5.39 Å². The lowest BCUT2D eigenvalue weighted by Gasteiger charge is -2.21. The van der Waals surface area contributed by atoms with Crippen molar-refractivity contribution in [3.05, 3.63) is 42.1 Å². The summed E-state index contributed by atoms with van der Waals surface area (Å²) in [4.78, 5) is 16.0. The van der Waals surface area contributed by atoms with Crippen LogP contribution in [0.15, 0.2) is 36.5 Å². The van der Waals surface area contributed by atoms with Crippen LogP contribution in [0.5, 0.6) is 0 Å². The van der Waals surface area contributed by atoms with Gasteiger partial charge in [-0.2, -0.15) is 0 Å². The van der Waals surface area contributed by atoms with E-state index in [1.54, 1.807) is 45.2 Å². The highest BCUT2D eigenvalue weighted by molar-refractivity contribution is 5.87. The third-order valence-electron chi connectivity index (χ3n) is 2.57. The molecule has 99 valence electrons. The van der Waals surface area contributed by atoms with Gasteiger partial charge >= 0.3 is 5.97 Å². The van der Waals surface area contributed by atoms with Gasteiger partial charge in [0.1, 0.15) is 5.60 Å². The standard InChI is InChI=1S/C15H16NO3/c1-15(2,3)19-14(18)13(17)11-8-4-6-10-7-5-9-16-12(10)11/h4-9,13H,1-3H3/t13-/m1/s1. The summed E-state index contributed by atoms with van der Waals surface area (Å²) in [6.07, 6.45) is 0.0333. The first-order chi connectivity index (χ1) is 8.88. The molecule has 0 saturated heterocycles. The molecule has 0 N–H and O–H groups in total. The number of hydrogen-bond donors (Lipinski definition) is 0. The minimum absolute atomic E-state index is 0.354. The van der Waals surface area contributed by atoms with Crippen molar-refractivity contribution < 1.29 is 14.6 Å². The van der Waals surface area contributed by atoms with Crippen LogP contribution in [0.1, 0.15) is 32.4 Å². The van der Waals surface area contributed by atoms with Gasteiger partial charge in [-0.05, 0) is 26.8 Å². The van der Waals surface area contributed by atoms with Gasteiger partial charge in [0, 0.05) is 17.1 Å². The van der Waals surface area contributed by atoms with Crippen molar-refractivity contribution >= 4 is 16.9 Å². The Hall–Kier alpha value is -1.94. The second-order valence-electron chi connectivity index (χ2n) is 5.34. The monoisotopic (exact) mass is 258 g/mol. The average molecular weight is 258 g/mol. The normalized spacial score (nSPS) is 13.3. The van der Waals surface area contributed by atoms with E-state index < -0.39 is 17.7 Å². The number of ether oxygens (including phenoxy) is 1. The molecule has 0 aliphatic rings. The quantitative estimate of drug-likeness (QED) is 0.778. The molecular formula is C15H16NO3. The van der Waals surface area contributed by atoms with Gasteiger partial charge in [-0.15, -0.1) is 0 Å². The fraction of sp³-hybridized carbons (Fsp3) is 0.333. The van der Waals surface area contributed by atoms with E-state index in [1.165, 1.54) is 0 Å². The summed E-state index contributed by atoms with van der Waals surface area (Å²) in [5, 5.41) is 13.0. The van der Waals surface area contributed by atoms with Crippen LogP contribution in [0.25, 0.3) is 10.9 Å². The van der Waals surface area contributed by atoms with Gasteiger partial charge in [-0.1, -0.05) is 24.3 Å². The summed E-state index contributed by atoms with van der Waals surface area (Å²) in [7, 11) is 0. The maximum absolute atomic E-state index is 12.2. The minimum atomic E-state index is -1.57. The lowest BCUT2D eigenvalue weighted by atomic mass is 10.0. The number of pyridine rings is 1. The molecule has 0 spiro atoms. The average Bonchev–Trinajstić information content (AvgIpc) is 2.35. The Kier molecular flexibility index (Phi) is 3.53. The molecule has 19 heavy (non-hydrogen) atoms. The predicted molar refractivity (Wildman–Crippen MR) is 71.0 cm³/mol. The Morgan fingerprint density at radius 1 is 1.21 bits per heavy atom. The predicted octanol–water partition coefficient (Wildman–Crippen LogP) is 3.05. The Labute approximate surface area is 112 Å². The number of rotatable bonds is 2. The number of hydrogen-bond acceptors (Lipinski definition) is 3. The van der Waals surface area contributed by atoms with Crippen molar-refractivity contribution in [1.82, 2.24) is 4.98 Å². The zero-order chi connectivity index (χ0) is 14.0. The van der Waals surface area contributed by atoms with Gasteiger partial charge in [0.2, 0.25) is 6.10 Å². The Morgan fingerprint density at radius 2 is 1.89 bits per heavy atom. The summed E-state index contributed by atoms with van der Waals surface area (Å²) in [6.45, 7) is 5.21. The van der Waals surface area contributed by atoms with Crippen LogP contribution < -0.4 is 0 Å². The van der Waals surface area contributed by atoms with Crippen LogP contribution in [0.3, 0.4) is 0 Å². The zero-order valence-electron chi connectivity index (χ0n) is 11.2. The number of esters is 1. The maximum atomic E-state index is 12.2. The number of aromatic nitrogens is 1. The highest BCUT2D eigenvalue weighted by Gasteiger charge is 2.27.